The van der Waals surface area contributed by atoms with E-state index in [2.05, 4.69) is 106 Å². The molecule has 0 fully saturated rings. The molecule has 0 heterocycles. The fraction of sp³-hybridized carbons (Fsp3) is 0.583. The molecule has 0 N–H and O–H groups in total. The standard InChI is InChI=1S/C60H94O6/c1-4-7-10-13-16-19-22-25-28-29-30-33-35-38-41-44-47-50-53-59(62)65-56-57(66-60(63)54-51-48-45-42-39-36-32-27-24-21-18-15-12-9-6-3)55-64-58(61)52-49-46-43-40-37-34-31-26-23-20-17-14-11-8-5-2/h8-9,11-12,14-15,17-18,20-25,27-30,32-33,36,39,57H,4-7,10,13,16,19,26,31,34-35,37-38,40-56H2,1-3H3/b11-8-,12-9-,17-14-,18-15-,23-20-,24-21-,25-22-,29-28-,32-27-,33-30-,39-36-. The number of carbonyl (C=O) groups excluding carboxylic acids is 3. The first-order valence-corrected chi connectivity index (χ1v) is 26.3. The Hall–Kier alpha value is -4.45. The Morgan fingerprint density at radius 3 is 0.939 bits per heavy atom. The highest BCUT2D eigenvalue weighted by atomic mass is 16.6. The molecule has 0 aliphatic carbocycles. The summed E-state index contributed by atoms with van der Waals surface area (Å²) < 4.78 is 16.8. The van der Waals surface area contributed by atoms with Crippen LogP contribution in [0.2, 0.25) is 0 Å². The molecule has 0 saturated heterocycles. The zero-order valence-electron chi connectivity index (χ0n) is 42.1. The van der Waals surface area contributed by atoms with Crippen molar-refractivity contribution in [3.05, 3.63) is 134 Å². The molecule has 0 bridgehead atoms. The number of hydrogen-bond acceptors (Lipinski definition) is 6. The number of unbranched alkanes of at least 4 members (excludes halogenated alkanes) is 20. The van der Waals surface area contributed by atoms with Crippen molar-refractivity contribution in [3.8, 4) is 0 Å². The molecule has 0 aliphatic rings. The lowest BCUT2D eigenvalue weighted by atomic mass is 10.1. The lowest BCUT2D eigenvalue weighted by molar-refractivity contribution is -0.167. The summed E-state index contributed by atoms with van der Waals surface area (Å²) in [6, 6.07) is 0. The lowest BCUT2D eigenvalue weighted by Crippen LogP contribution is -2.30. The van der Waals surface area contributed by atoms with E-state index >= 15 is 0 Å². The quantitative estimate of drug-likeness (QED) is 0.0262. The van der Waals surface area contributed by atoms with Gasteiger partial charge >= 0.3 is 17.9 Å². The van der Waals surface area contributed by atoms with Crippen LogP contribution in [-0.4, -0.2) is 37.2 Å². The molecule has 0 aliphatic heterocycles. The van der Waals surface area contributed by atoms with Crippen molar-refractivity contribution < 1.29 is 28.6 Å². The van der Waals surface area contributed by atoms with E-state index in [1.165, 1.54) is 57.8 Å². The maximum atomic E-state index is 12.8. The van der Waals surface area contributed by atoms with Gasteiger partial charge in [0.05, 0.1) is 0 Å². The van der Waals surface area contributed by atoms with Gasteiger partial charge < -0.3 is 14.2 Å². The van der Waals surface area contributed by atoms with Crippen LogP contribution >= 0.6 is 0 Å². The largest absolute Gasteiger partial charge is 0.462 e. The normalized spacial score (nSPS) is 13.2. The van der Waals surface area contributed by atoms with Crippen molar-refractivity contribution >= 4 is 17.9 Å². The molecule has 6 heteroatoms. The molecule has 6 nitrogen and oxygen atoms in total. The van der Waals surface area contributed by atoms with E-state index in [4.69, 9.17) is 14.2 Å². The highest BCUT2D eigenvalue weighted by molar-refractivity contribution is 5.71. The second-order valence-corrected chi connectivity index (χ2v) is 16.9. The van der Waals surface area contributed by atoms with Crippen LogP contribution in [0.15, 0.2) is 134 Å². The number of carbonyl (C=O) groups is 3. The number of allylic oxidation sites excluding steroid dienone is 22. The van der Waals surface area contributed by atoms with Gasteiger partial charge in [-0.25, -0.2) is 0 Å². The van der Waals surface area contributed by atoms with Gasteiger partial charge in [0, 0.05) is 19.3 Å². The van der Waals surface area contributed by atoms with Crippen LogP contribution in [0.4, 0.5) is 0 Å². The van der Waals surface area contributed by atoms with Gasteiger partial charge in [0.2, 0.25) is 0 Å². The summed E-state index contributed by atoms with van der Waals surface area (Å²) in [5, 5.41) is 0. The molecule has 0 spiro atoms. The second-order valence-electron chi connectivity index (χ2n) is 16.9. The second kappa shape index (κ2) is 53.2. The summed E-state index contributed by atoms with van der Waals surface area (Å²) in [7, 11) is 0. The molecule has 0 amide bonds. The van der Waals surface area contributed by atoms with Gasteiger partial charge in [-0.2, -0.15) is 0 Å². The highest BCUT2D eigenvalue weighted by Gasteiger charge is 2.19. The van der Waals surface area contributed by atoms with Crippen LogP contribution in [0.5, 0.6) is 0 Å². The Morgan fingerprint density at radius 1 is 0.318 bits per heavy atom. The fourth-order valence-electron chi connectivity index (χ4n) is 6.70. The minimum atomic E-state index is -0.819. The first-order valence-electron chi connectivity index (χ1n) is 26.3. The Kier molecular flexibility index (Phi) is 49.6. The van der Waals surface area contributed by atoms with Gasteiger partial charge in [0.1, 0.15) is 13.2 Å². The van der Waals surface area contributed by atoms with Crippen molar-refractivity contribution in [2.75, 3.05) is 13.2 Å². The molecular weight excluding hydrogens is 817 g/mol. The minimum Gasteiger partial charge on any atom is -0.462 e. The van der Waals surface area contributed by atoms with Crippen molar-refractivity contribution in [2.24, 2.45) is 0 Å². The number of ether oxygens (including phenoxy) is 3. The smallest absolute Gasteiger partial charge is 0.306 e. The van der Waals surface area contributed by atoms with Crippen molar-refractivity contribution in [1.29, 1.82) is 0 Å². The highest BCUT2D eigenvalue weighted by Crippen LogP contribution is 2.13. The average molecular weight is 911 g/mol. The molecule has 1 unspecified atom stereocenters. The van der Waals surface area contributed by atoms with E-state index in [9.17, 15) is 14.4 Å². The molecule has 66 heavy (non-hydrogen) atoms. The van der Waals surface area contributed by atoms with E-state index in [1.54, 1.807) is 0 Å². The third kappa shape index (κ3) is 50.5. The SMILES string of the molecule is CC\C=C/C=C\C=C/C=C\C=C/CCCCCC(=O)OC(COC(=O)CCCCCCC\C=C/C=C\C=C/CCCCCCC)COC(=O)CCCCCCCCC\C=C/C=C\C=C/CC. The summed E-state index contributed by atoms with van der Waals surface area (Å²) in [6.07, 6.45) is 74.3. The first-order chi connectivity index (χ1) is 32.5. The molecular formula is C60H94O6. The summed E-state index contributed by atoms with van der Waals surface area (Å²) in [4.78, 5) is 38.0. The fourth-order valence-corrected chi connectivity index (χ4v) is 6.70. The number of rotatable bonds is 45. The molecule has 370 valence electrons. The topological polar surface area (TPSA) is 78.9 Å². The molecule has 1 atom stereocenters. The van der Waals surface area contributed by atoms with Gasteiger partial charge in [-0.3, -0.25) is 14.4 Å². The van der Waals surface area contributed by atoms with Crippen LogP contribution in [0.3, 0.4) is 0 Å². The molecule has 0 aromatic heterocycles. The molecule has 0 aromatic rings. The van der Waals surface area contributed by atoms with Crippen LogP contribution in [0.25, 0.3) is 0 Å². The van der Waals surface area contributed by atoms with Crippen LogP contribution in [-0.2, 0) is 28.6 Å². The first kappa shape index (κ1) is 61.5. The van der Waals surface area contributed by atoms with Gasteiger partial charge in [0.15, 0.2) is 6.10 Å². The third-order valence-corrected chi connectivity index (χ3v) is 10.6. The average Bonchev–Trinajstić information content (AvgIpc) is 3.31. The zero-order chi connectivity index (χ0) is 47.9. The Balaban J connectivity index is 4.54. The van der Waals surface area contributed by atoms with Gasteiger partial charge in [-0.05, 0) is 83.5 Å². The van der Waals surface area contributed by atoms with Gasteiger partial charge in [0.25, 0.3) is 0 Å². The van der Waals surface area contributed by atoms with Crippen LogP contribution < -0.4 is 0 Å². The van der Waals surface area contributed by atoms with Gasteiger partial charge in [-0.1, -0.05) is 238 Å². The Bertz CT molecular complexity index is 1460. The van der Waals surface area contributed by atoms with Gasteiger partial charge in [-0.15, -0.1) is 0 Å². The van der Waals surface area contributed by atoms with Crippen LogP contribution in [0.1, 0.15) is 207 Å². The minimum absolute atomic E-state index is 0.114. The molecule has 0 aromatic carbocycles. The third-order valence-electron chi connectivity index (χ3n) is 10.6. The predicted octanol–water partition coefficient (Wildman–Crippen LogP) is 17.5. The zero-order valence-corrected chi connectivity index (χ0v) is 42.1. The van der Waals surface area contributed by atoms with Crippen LogP contribution in [0, 0.1) is 0 Å². The molecule has 0 rings (SSSR count). The maximum absolute atomic E-state index is 12.8. The molecule has 0 saturated carbocycles. The van der Waals surface area contributed by atoms with E-state index in [-0.39, 0.29) is 37.5 Å². The molecule has 0 radical (unpaired) electrons. The monoisotopic (exact) mass is 911 g/mol. The van der Waals surface area contributed by atoms with Crippen molar-refractivity contribution in [2.45, 2.75) is 213 Å². The maximum Gasteiger partial charge on any atom is 0.306 e. The predicted molar refractivity (Wildman–Crippen MR) is 283 cm³/mol. The summed E-state index contributed by atoms with van der Waals surface area (Å²) >= 11 is 0. The van der Waals surface area contributed by atoms with E-state index in [0.717, 1.165) is 103 Å². The Labute approximate surface area is 405 Å². The summed E-state index contributed by atoms with van der Waals surface area (Å²) in [5.41, 5.74) is 0. The van der Waals surface area contributed by atoms with E-state index < -0.39 is 6.10 Å². The van der Waals surface area contributed by atoms with Crippen molar-refractivity contribution in [3.63, 3.8) is 0 Å². The Morgan fingerprint density at radius 2 is 0.591 bits per heavy atom. The van der Waals surface area contributed by atoms with E-state index in [1.807, 2.05) is 48.6 Å². The van der Waals surface area contributed by atoms with Crippen molar-refractivity contribution in [1.82, 2.24) is 0 Å². The number of esters is 3. The summed E-state index contributed by atoms with van der Waals surface area (Å²) in [5.74, 6) is -0.996. The lowest BCUT2D eigenvalue weighted by Gasteiger charge is -2.18. The summed E-state index contributed by atoms with van der Waals surface area (Å²) in [6.45, 7) is 6.27. The van der Waals surface area contributed by atoms with E-state index in [0.29, 0.717) is 19.3 Å². The number of hydrogen-bond donors (Lipinski definition) is 0.